The van der Waals surface area contributed by atoms with E-state index in [1.807, 2.05) is 6.07 Å². The Bertz CT molecular complexity index is 1580. The van der Waals surface area contributed by atoms with Gasteiger partial charge in [0, 0.05) is 34.0 Å². The molecule has 2 saturated carbocycles. The first-order valence-corrected chi connectivity index (χ1v) is 15.0. The van der Waals surface area contributed by atoms with Crippen molar-refractivity contribution in [3.05, 3.63) is 98.2 Å². The molecule has 2 N–H and O–H groups in total. The van der Waals surface area contributed by atoms with Crippen molar-refractivity contribution in [1.82, 2.24) is 5.16 Å². The predicted octanol–water partition coefficient (Wildman–Crippen LogP) is 7.73. The fourth-order valence-corrected chi connectivity index (χ4v) is 6.57. The molecule has 4 aromatic rings. The molecule has 2 aliphatic carbocycles. The fraction of sp³-hybridized carbons (Fsp3) is 0.276. The molecule has 1 unspecified atom stereocenters. The van der Waals surface area contributed by atoms with Gasteiger partial charge in [0.25, 0.3) is 0 Å². The van der Waals surface area contributed by atoms with Gasteiger partial charge in [0.05, 0.1) is 26.2 Å². The SMILES string of the molecule is O=S([O-])Nc1cccc(C2CC(O)(c3ccc(OCc4c(-c5c(Cl)cccc5Cl)noc4C4CC4)cc3Cl)C2)c1. The molecule has 7 nitrogen and oxygen atoms in total. The van der Waals surface area contributed by atoms with E-state index in [0.717, 1.165) is 29.7 Å². The largest absolute Gasteiger partial charge is 0.755 e. The lowest BCUT2D eigenvalue weighted by molar-refractivity contribution is -0.0549. The van der Waals surface area contributed by atoms with Gasteiger partial charge in [0.2, 0.25) is 0 Å². The van der Waals surface area contributed by atoms with Gasteiger partial charge in [-0.3, -0.25) is 4.21 Å². The fourth-order valence-electron chi connectivity index (χ4n) is 5.33. The van der Waals surface area contributed by atoms with Gasteiger partial charge in [-0.1, -0.05) is 64.2 Å². The van der Waals surface area contributed by atoms with Crippen LogP contribution in [0.5, 0.6) is 5.75 Å². The summed E-state index contributed by atoms with van der Waals surface area (Å²) in [7, 11) is 0. The molecule has 2 aliphatic rings. The number of halogens is 3. The zero-order valence-electron chi connectivity index (χ0n) is 21.0. The number of aromatic nitrogens is 1. The lowest BCUT2D eigenvalue weighted by Crippen LogP contribution is -2.40. The van der Waals surface area contributed by atoms with Crippen LogP contribution in [0.3, 0.4) is 0 Å². The number of anilines is 1. The average Bonchev–Trinajstić information content (AvgIpc) is 3.65. The first-order chi connectivity index (χ1) is 19.2. The Morgan fingerprint density at radius 2 is 1.75 bits per heavy atom. The van der Waals surface area contributed by atoms with Crippen LogP contribution in [0, 0.1) is 0 Å². The Balaban J connectivity index is 1.17. The maximum absolute atomic E-state index is 11.3. The first kappa shape index (κ1) is 27.6. The van der Waals surface area contributed by atoms with Gasteiger partial charge in [0.1, 0.15) is 23.8 Å². The Morgan fingerprint density at radius 3 is 2.42 bits per heavy atom. The zero-order valence-corrected chi connectivity index (χ0v) is 24.1. The van der Waals surface area contributed by atoms with E-state index < -0.39 is 16.9 Å². The standard InChI is InChI=1S/C29H25Cl3N2O5S/c30-23-5-2-6-24(31)26(23)27-21(28(39-33-27)16-7-8-16)15-38-20-9-10-22(25(32)12-20)29(35)13-18(14-29)17-3-1-4-19(11-17)34-40(36)37/h1-6,9-12,16,18,34-35H,7-8,13-15H2,(H,36,37)/p-1. The van der Waals surface area contributed by atoms with Gasteiger partial charge in [-0.05, 0) is 73.6 Å². The third-order valence-electron chi connectivity index (χ3n) is 7.52. The van der Waals surface area contributed by atoms with Crippen molar-refractivity contribution in [3.63, 3.8) is 0 Å². The van der Waals surface area contributed by atoms with E-state index in [9.17, 15) is 13.9 Å². The van der Waals surface area contributed by atoms with Crippen molar-refractivity contribution in [3.8, 4) is 17.0 Å². The lowest BCUT2D eigenvalue weighted by atomic mass is 9.65. The Morgan fingerprint density at radius 1 is 1.02 bits per heavy atom. The molecular formula is C29H24Cl3N2O5S-. The van der Waals surface area contributed by atoms with Crippen molar-refractivity contribution in [2.24, 2.45) is 0 Å². The molecule has 0 spiro atoms. The summed E-state index contributed by atoms with van der Waals surface area (Å²) < 4.78 is 36.1. The molecule has 208 valence electrons. The van der Waals surface area contributed by atoms with Crippen molar-refractivity contribution in [1.29, 1.82) is 0 Å². The van der Waals surface area contributed by atoms with E-state index >= 15 is 0 Å². The number of ether oxygens (including phenoxy) is 1. The molecule has 11 heteroatoms. The highest BCUT2D eigenvalue weighted by Gasteiger charge is 2.45. The summed E-state index contributed by atoms with van der Waals surface area (Å²) in [6.45, 7) is 0.187. The van der Waals surface area contributed by atoms with Crippen LogP contribution in [0.4, 0.5) is 5.69 Å². The van der Waals surface area contributed by atoms with E-state index in [1.165, 1.54) is 0 Å². The Labute approximate surface area is 248 Å². The van der Waals surface area contributed by atoms with E-state index in [-0.39, 0.29) is 12.5 Å². The lowest BCUT2D eigenvalue weighted by Gasteiger charge is -2.45. The van der Waals surface area contributed by atoms with E-state index in [1.54, 1.807) is 54.6 Å². The van der Waals surface area contributed by atoms with Crippen LogP contribution in [0.25, 0.3) is 11.3 Å². The number of hydrogen-bond acceptors (Lipinski definition) is 6. The molecule has 0 radical (unpaired) electrons. The van der Waals surface area contributed by atoms with Crippen LogP contribution in [-0.2, 0) is 23.5 Å². The quantitative estimate of drug-likeness (QED) is 0.186. The minimum atomic E-state index is -2.40. The van der Waals surface area contributed by atoms with Gasteiger partial charge in [-0.25, -0.2) is 0 Å². The molecule has 40 heavy (non-hydrogen) atoms. The second kappa shape index (κ2) is 11.0. The average molecular weight is 619 g/mol. The summed E-state index contributed by atoms with van der Waals surface area (Å²) in [4.78, 5) is 0. The van der Waals surface area contributed by atoms with Crippen LogP contribution in [-0.4, -0.2) is 19.0 Å². The van der Waals surface area contributed by atoms with Crippen LogP contribution in [0.2, 0.25) is 15.1 Å². The van der Waals surface area contributed by atoms with Gasteiger partial charge in [-0.15, -0.1) is 0 Å². The Hall–Kier alpha value is -2.59. The highest BCUT2D eigenvalue weighted by atomic mass is 35.5. The second-order valence-corrected chi connectivity index (χ2v) is 12.2. The number of nitrogens with one attached hydrogen (secondary N) is 1. The van der Waals surface area contributed by atoms with E-state index in [0.29, 0.717) is 62.1 Å². The van der Waals surface area contributed by atoms with Gasteiger partial charge in [-0.2, -0.15) is 0 Å². The summed E-state index contributed by atoms with van der Waals surface area (Å²) in [5.74, 6) is 1.69. The van der Waals surface area contributed by atoms with E-state index in [2.05, 4.69) is 9.88 Å². The topological polar surface area (TPSA) is 108 Å². The maximum atomic E-state index is 11.3. The number of benzene rings is 3. The number of hydrogen-bond donors (Lipinski definition) is 2. The maximum Gasteiger partial charge on any atom is 0.147 e. The van der Waals surface area contributed by atoms with Crippen LogP contribution >= 0.6 is 34.8 Å². The van der Waals surface area contributed by atoms with Gasteiger partial charge in [0.15, 0.2) is 0 Å². The summed E-state index contributed by atoms with van der Waals surface area (Å²) in [5.41, 5.74) is 2.95. The number of rotatable bonds is 9. The summed E-state index contributed by atoms with van der Waals surface area (Å²) in [6.07, 6.45) is 2.97. The summed E-state index contributed by atoms with van der Waals surface area (Å²) in [6, 6.07) is 17.7. The normalized spacial score (nSPS) is 21.1. The van der Waals surface area contributed by atoms with E-state index in [4.69, 9.17) is 44.1 Å². The molecule has 0 aliphatic heterocycles. The van der Waals surface area contributed by atoms with Crippen LogP contribution < -0.4 is 9.46 Å². The monoisotopic (exact) mass is 617 g/mol. The summed E-state index contributed by atoms with van der Waals surface area (Å²) >= 11 is 17.2. The molecule has 0 bridgehead atoms. The minimum Gasteiger partial charge on any atom is -0.755 e. The molecule has 2 fully saturated rings. The first-order valence-electron chi connectivity index (χ1n) is 12.8. The highest BCUT2D eigenvalue weighted by Crippen LogP contribution is 2.53. The summed E-state index contributed by atoms with van der Waals surface area (Å²) in [5, 5.41) is 17.0. The molecule has 3 aromatic carbocycles. The van der Waals surface area contributed by atoms with Gasteiger partial charge < -0.3 is 23.6 Å². The molecule has 6 rings (SSSR count). The highest BCUT2D eigenvalue weighted by molar-refractivity contribution is 7.80. The zero-order chi connectivity index (χ0) is 28.0. The van der Waals surface area contributed by atoms with Crippen LogP contribution in [0.15, 0.2) is 65.2 Å². The Kier molecular flexibility index (Phi) is 7.59. The molecular weight excluding hydrogens is 595 g/mol. The number of aliphatic hydroxyl groups is 1. The van der Waals surface area contributed by atoms with Gasteiger partial charge >= 0.3 is 0 Å². The molecule has 0 saturated heterocycles. The van der Waals surface area contributed by atoms with Crippen molar-refractivity contribution < 1.29 is 23.1 Å². The smallest absolute Gasteiger partial charge is 0.147 e. The van der Waals surface area contributed by atoms with Crippen molar-refractivity contribution in [2.75, 3.05) is 4.72 Å². The third-order valence-corrected chi connectivity index (χ3v) is 8.86. The predicted molar refractivity (Wildman–Crippen MR) is 155 cm³/mol. The second-order valence-electron chi connectivity index (χ2n) is 10.3. The molecule has 1 aromatic heterocycles. The third kappa shape index (κ3) is 5.49. The van der Waals surface area contributed by atoms with Crippen molar-refractivity contribution >= 4 is 51.8 Å². The van der Waals surface area contributed by atoms with Crippen molar-refractivity contribution in [2.45, 2.75) is 49.7 Å². The molecule has 1 heterocycles. The molecule has 0 amide bonds. The van der Waals surface area contributed by atoms with Crippen LogP contribution in [0.1, 0.15) is 60.0 Å². The molecule has 1 atom stereocenters. The number of nitrogens with zero attached hydrogens (tertiary/aromatic N) is 1. The minimum absolute atomic E-state index is 0.0725.